The summed E-state index contributed by atoms with van der Waals surface area (Å²) in [5, 5.41) is 1.04. The highest BCUT2D eigenvalue weighted by Gasteiger charge is 2.46. The second kappa shape index (κ2) is 13.1. The van der Waals surface area contributed by atoms with Crippen molar-refractivity contribution in [3.8, 4) is 51.0 Å². The molecule has 7 aromatic rings. The predicted molar refractivity (Wildman–Crippen MR) is 209 cm³/mol. The van der Waals surface area contributed by atoms with Crippen molar-refractivity contribution in [3.05, 3.63) is 186 Å². The van der Waals surface area contributed by atoms with Crippen molar-refractivity contribution in [1.29, 1.82) is 0 Å². The quantitative estimate of drug-likeness (QED) is 0.110. The third kappa shape index (κ3) is 5.21. The summed E-state index contributed by atoms with van der Waals surface area (Å²) in [7, 11) is -0.366. The minimum atomic E-state index is -3.61. The van der Waals surface area contributed by atoms with Gasteiger partial charge in [-0.3, -0.25) is 4.57 Å². The fourth-order valence-electron chi connectivity index (χ4n) is 7.91. The average molecular weight is 715 g/mol. The second-order valence-corrected chi connectivity index (χ2v) is 15.2. The highest BCUT2D eigenvalue weighted by atomic mass is 31.2. The summed E-state index contributed by atoms with van der Waals surface area (Å²) < 4.78 is 44.7. The van der Waals surface area contributed by atoms with Crippen LogP contribution in [0.1, 0.15) is 22.3 Å². The van der Waals surface area contributed by atoms with Gasteiger partial charge in [-0.05, 0) is 93.5 Å². The normalized spacial score (nSPS) is 15.9. The lowest BCUT2D eigenvalue weighted by atomic mass is 9.68. The van der Waals surface area contributed by atoms with Crippen LogP contribution < -0.4 is 34.1 Å². The van der Waals surface area contributed by atoms with Crippen molar-refractivity contribution in [3.63, 3.8) is 0 Å². The number of ether oxygens (including phenoxy) is 4. The lowest BCUT2D eigenvalue weighted by Gasteiger charge is -2.34. The van der Waals surface area contributed by atoms with Gasteiger partial charge in [-0.15, -0.1) is 0 Å². The summed E-state index contributed by atoms with van der Waals surface area (Å²) in [5.74, 6) is 2.95. The van der Waals surface area contributed by atoms with Gasteiger partial charge in [-0.2, -0.15) is 0 Å². The van der Waals surface area contributed by atoms with E-state index < -0.39 is 12.8 Å². The summed E-state index contributed by atoms with van der Waals surface area (Å²) >= 11 is 0. The fraction of sp³-hybridized carbons (Fsp3) is 0.0870. The summed E-state index contributed by atoms with van der Waals surface area (Å²) in [4.78, 5) is 0. The molecule has 1 atom stereocenters. The number of para-hydroxylation sites is 1. The summed E-state index contributed by atoms with van der Waals surface area (Å²) in [6.45, 7) is -0.0645. The topological polar surface area (TPSA) is 63.2 Å². The zero-order valence-electron chi connectivity index (χ0n) is 29.2. The Kier molecular flexibility index (Phi) is 8.06. The highest BCUT2D eigenvalue weighted by Crippen LogP contribution is 2.57. The lowest BCUT2D eigenvalue weighted by molar-refractivity contribution is 0.120. The molecule has 7 aromatic carbocycles. The van der Waals surface area contributed by atoms with Crippen molar-refractivity contribution >= 4 is 18.0 Å². The molecule has 7 heteroatoms. The Bertz CT molecular complexity index is 2480. The molecule has 2 aliphatic rings. The minimum Gasteiger partial charge on any atom is -0.497 e. The molecule has 0 aromatic heterocycles. The zero-order valence-corrected chi connectivity index (χ0v) is 30.1. The molecule has 0 spiro atoms. The SMILES string of the molecule is COc1ccc(C2(c3ccc(OCOc4ccc(OC)c(P5(=O)Oc6ccccc6-c6ccccc65)c4)cc3)c3ccccc3-c3ccccc32)cc1. The van der Waals surface area contributed by atoms with E-state index in [4.69, 9.17) is 23.5 Å². The first-order valence-corrected chi connectivity index (χ1v) is 19.0. The maximum absolute atomic E-state index is 14.9. The van der Waals surface area contributed by atoms with Gasteiger partial charge >= 0.3 is 7.37 Å². The molecule has 1 heterocycles. The molecule has 1 aliphatic carbocycles. The standard InChI is InChI=1S/C46H35O6P/c1-48-33-23-19-31(20-24-33)46(40-15-7-3-11-36(40)37-12-4-8-16-41(37)46)32-21-25-34(26-22-32)50-30-51-35-27-28-43(49-2)45(29-35)53(47)44-18-10-6-14-39(44)38-13-5-9-17-42(38)52-53/h3-29H,30H2,1-2H3. The van der Waals surface area contributed by atoms with Gasteiger partial charge in [0, 0.05) is 5.56 Å². The molecule has 0 saturated carbocycles. The van der Waals surface area contributed by atoms with Gasteiger partial charge in [-0.25, -0.2) is 0 Å². The molecule has 260 valence electrons. The third-order valence-electron chi connectivity index (χ3n) is 10.3. The molecule has 0 saturated heterocycles. The van der Waals surface area contributed by atoms with Crippen molar-refractivity contribution in [2.24, 2.45) is 0 Å². The minimum absolute atomic E-state index is 0.0645. The molecule has 0 fully saturated rings. The van der Waals surface area contributed by atoms with Gasteiger partial charge in [0.05, 0.1) is 30.2 Å². The molecule has 0 amide bonds. The maximum Gasteiger partial charge on any atom is 0.311 e. The Labute approximate surface area is 308 Å². The van der Waals surface area contributed by atoms with Gasteiger partial charge in [0.15, 0.2) is 0 Å². The Morgan fingerprint density at radius 3 is 1.68 bits per heavy atom. The molecule has 6 nitrogen and oxygen atoms in total. The molecule has 0 bridgehead atoms. The van der Waals surface area contributed by atoms with E-state index in [0.717, 1.165) is 28.0 Å². The Hall–Kier alpha value is -6.23. The van der Waals surface area contributed by atoms with E-state index in [1.165, 1.54) is 22.3 Å². The second-order valence-electron chi connectivity index (χ2n) is 13.0. The van der Waals surface area contributed by atoms with Crippen molar-refractivity contribution in [2.75, 3.05) is 21.0 Å². The van der Waals surface area contributed by atoms with E-state index >= 15 is 0 Å². The maximum atomic E-state index is 14.9. The lowest BCUT2D eigenvalue weighted by Crippen LogP contribution is -2.28. The van der Waals surface area contributed by atoms with Crippen LogP contribution in [-0.2, 0) is 9.98 Å². The number of benzene rings is 7. The van der Waals surface area contributed by atoms with Crippen LogP contribution in [0.3, 0.4) is 0 Å². The van der Waals surface area contributed by atoms with Gasteiger partial charge in [0.25, 0.3) is 0 Å². The van der Waals surface area contributed by atoms with Gasteiger partial charge in [-0.1, -0.05) is 109 Å². The van der Waals surface area contributed by atoms with Crippen LogP contribution in [0.2, 0.25) is 0 Å². The number of methoxy groups -OCH3 is 2. The largest absolute Gasteiger partial charge is 0.497 e. The van der Waals surface area contributed by atoms with E-state index in [1.54, 1.807) is 32.4 Å². The Morgan fingerprint density at radius 1 is 0.509 bits per heavy atom. The summed E-state index contributed by atoms with van der Waals surface area (Å²) in [6.07, 6.45) is 0. The van der Waals surface area contributed by atoms with Gasteiger partial charge in [0.1, 0.15) is 28.7 Å². The first kappa shape index (κ1) is 32.7. The van der Waals surface area contributed by atoms with Crippen LogP contribution in [0.5, 0.6) is 28.7 Å². The summed E-state index contributed by atoms with van der Waals surface area (Å²) in [6, 6.07) is 54.4. The third-order valence-corrected chi connectivity index (χ3v) is 12.8. The molecule has 9 rings (SSSR count). The van der Waals surface area contributed by atoms with Gasteiger partial charge in [0.2, 0.25) is 6.79 Å². The van der Waals surface area contributed by atoms with Gasteiger partial charge < -0.3 is 23.5 Å². The first-order valence-electron chi connectivity index (χ1n) is 17.4. The first-order chi connectivity index (χ1) is 26.0. The van der Waals surface area contributed by atoms with Crippen LogP contribution in [0.25, 0.3) is 22.3 Å². The van der Waals surface area contributed by atoms with Crippen molar-refractivity contribution < 1.29 is 28.0 Å². The molecule has 53 heavy (non-hydrogen) atoms. The molecule has 0 radical (unpaired) electrons. The van der Waals surface area contributed by atoms with Crippen LogP contribution in [0, 0.1) is 0 Å². The molecular formula is C46H35O6P. The monoisotopic (exact) mass is 714 g/mol. The van der Waals surface area contributed by atoms with E-state index in [-0.39, 0.29) is 6.79 Å². The summed E-state index contributed by atoms with van der Waals surface area (Å²) in [5.41, 5.74) is 8.40. The molecule has 1 aliphatic heterocycles. The van der Waals surface area contributed by atoms with Crippen LogP contribution >= 0.6 is 7.37 Å². The average Bonchev–Trinajstić information content (AvgIpc) is 3.52. The van der Waals surface area contributed by atoms with E-state index in [1.807, 2.05) is 72.8 Å². The molecule has 1 unspecified atom stereocenters. The van der Waals surface area contributed by atoms with Crippen molar-refractivity contribution in [2.45, 2.75) is 5.41 Å². The Balaban J connectivity index is 1.01. The molecular weight excluding hydrogens is 679 g/mol. The Morgan fingerprint density at radius 2 is 1.04 bits per heavy atom. The highest BCUT2D eigenvalue weighted by molar-refractivity contribution is 7.75. The zero-order chi connectivity index (χ0) is 36.0. The predicted octanol–water partition coefficient (Wildman–Crippen LogP) is 9.77. The number of hydrogen-bond donors (Lipinski definition) is 0. The smallest absolute Gasteiger partial charge is 0.311 e. The van der Waals surface area contributed by atoms with Crippen LogP contribution in [0.4, 0.5) is 0 Å². The number of rotatable bonds is 9. The van der Waals surface area contributed by atoms with Crippen LogP contribution in [-0.4, -0.2) is 21.0 Å². The fourth-order valence-corrected chi connectivity index (χ4v) is 10.4. The van der Waals surface area contributed by atoms with Crippen LogP contribution in [0.15, 0.2) is 164 Å². The number of fused-ring (bicyclic) bond motifs is 6. The van der Waals surface area contributed by atoms with E-state index in [2.05, 4.69) is 72.8 Å². The molecule has 0 N–H and O–H groups in total. The number of hydrogen-bond acceptors (Lipinski definition) is 6. The van der Waals surface area contributed by atoms with Crippen molar-refractivity contribution in [1.82, 2.24) is 0 Å². The van der Waals surface area contributed by atoms with E-state index in [9.17, 15) is 4.57 Å². The van der Waals surface area contributed by atoms with E-state index in [0.29, 0.717) is 33.6 Å².